The monoisotopic (exact) mass is 191 g/mol. The van der Waals surface area contributed by atoms with Crippen LogP contribution in [0.15, 0.2) is 30.3 Å². The highest BCUT2D eigenvalue weighted by Gasteiger charge is 2.27. The predicted molar refractivity (Wildman–Crippen MR) is 54.0 cm³/mol. The summed E-state index contributed by atoms with van der Waals surface area (Å²) in [4.78, 5) is 13.2. The van der Waals surface area contributed by atoms with Gasteiger partial charge in [0.2, 0.25) is 0 Å². The van der Waals surface area contributed by atoms with Crippen LogP contribution >= 0.6 is 0 Å². The molecule has 1 saturated heterocycles. The Morgan fingerprint density at radius 2 is 2.00 bits per heavy atom. The van der Waals surface area contributed by atoms with Crippen molar-refractivity contribution >= 4 is 11.6 Å². The number of para-hydroxylation sites is 1. The van der Waals surface area contributed by atoms with Crippen LogP contribution in [0, 0.1) is 0 Å². The third kappa shape index (κ3) is 1.63. The molecule has 1 fully saturated rings. The molecule has 1 N–H and O–H groups in total. The van der Waals surface area contributed by atoms with E-state index in [1.165, 1.54) is 0 Å². The van der Waals surface area contributed by atoms with E-state index in [-0.39, 0.29) is 5.91 Å². The van der Waals surface area contributed by atoms with E-state index in [9.17, 15) is 9.90 Å². The Bertz CT molecular complexity index is 323. The topological polar surface area (TPSA) is 40.5 Å². The predicted octanol–water partition coefficient (Wildman–Crippen LogP) is 1.17. The summed E-state index contributed by atoms with van der Waals surface area (Å²) >= 11 is 0. The van der Waals surface area contributed by atoms with Crippen LogP contribution in [0.1, 0.15) is 12.8 Å². The molecule has 0 saturated carbocycles. The van der Waals surface area contributed by atoms with Gasteiger partial charge in [-0.25, -0.2) is 0 Å². The number of hydrogen-bond acceptors (Lipinski definition) is 2. The van der Waals surface area contributed by atoms with Gasteiger partial charge in [-0.15, -0.1) is 0 Å². The van der Waals surface area contributed by atoms with Gasteiger partial charge in [0.05, 0.1) is 0 Å². The van der Waals surface area contributed by atoms with E-state index < -0.39 is 6.10 Å². The molecular formula is C11H13NO2. The average Bonchev–Trinajstić information content (AvgIpc) is 2.23. The quantitative estimate of drug-likeness (QED) is 0.724. The first-order chi connectivity index (χ1) is 6.79. The fourth-order valence-corrected chi connectivity index (χ4v) is 1.72. The summed E-state index contributed by atoms with van der Waals surface area (Å²) < 4.78 is 0. The van der Waals surface area contributed by atoms with E-state index >= 15 is 0 Å². The van der Waals surface area contributed by atoms with Gasteiger partial charge in [0, 0.05) is 12.2 Å². The number of anilines is 1. The maximum Gasteiger partial charge on any atom is 0.255 e. The maximum absolute atomic E-state index is 11.6. The van der Waals surface area contributed by atoms with Gasteiger partial charge in [-0.3, -0.25) is 4.79 Å². The molecule has 0 bridgehead atoms. The first-order valence-corrected chi connectivity index (χ1v) is 4.83. The van der Waals surface area contributed by atoms with Crippen LogP contribution in [0.25, 0.3) is 0 Å². The highest BCUT2D eigenvalue weighted by molar-refractivity contribution is 5.97. The summed E-state index contributed by atoms with van der Waals surface area (Å²) in [5.41, 5.74) is 0.872. The van der Waals surface area contributed by atoms with E-state index in [4.69, 9.17) is 0 Å². The minimum atomic E-state index is -0.816. The van der Waals surface area contributed by atoms with Crippen molar-refractivity contribution in [3.8, 4) is 0 Å². The number of nitrogens with zero attached hydrogens (tertiary/aromatic N) is 1. The molecule has 2 rings (SSSR count). The molecule has 3 heteroatoms. The van der Waals surface area contributed by atoms with Crippen LogP contribution in [0.5, 0.6) is 0 Å². The third-order valence-electron chi connectivity index (χ3n) is 2.48. The Morgan fingerprint density at radius 1 is 1.29 bits per heavy atom. The second kappa shape index (κ2) is 3.80. The Morgan fingerprint density at radius 3 is 2.71 bits per heavy atom. The van der Waals surface area contributed by atoms with Crippen molar-refractivity contribution in [1.29, 1.82) is 0 Å². The summed E-state index contributed by atoms with van der Waals surface area (Å²) in [7, 11) is 0. The fraction of sp³-hybridized carbons (Fsp3) is 0.364. The lowest BCUT2D eigenvalue weighted by molar-refractivity contribution is -0.128. The van der Waals surface area contributed by atoms with E-state index in [1.807, 2.05) is 30.3 Å². The number of piperidine rings is 1. The highest BCUT2D eigenvalue weighted by Crippen LogP contribution is 2.20. The summed E-state index contributed by atoms with van der Waals surface area (Å²) in [5.74, 6) is -0.178. The van der Waals surface area contributed by atoms with Crippen LogP contribution < -0.4 is 4.90 Å². The average molecular weight is 191 g/mol. The van der Waals surface area contributed by atoms with E-state index in [2.05, 4.69) is 0 Å². The van der Waals surface area contributed by atoms with Gasteiger partial charge in [-0.05, 0) is 25.0 Å². The van der Waals surface area contributed by atoms with Gasteiger partial charge in [0.25, 0.3) is 5.91 Å². The molecule has 0 spiro atoms. The molecular weight excluding hydrogens is 178 g/mol. The largest absolute Gasteiger partial charge is 0.383 e. The number of aliphatic hydroxyl groups excluding tert-OH is 1. The smallest absolute Gasteiger partial charge is 0.255 e. The van der Waals surface area contributed by atoms with Crippen LogP contribution in [0.2, 0.25) is 0 Å². The zero-order valence-corrected chi connectivity index (χ0v) is 7.89. The van der Waals surface area contributed by atoms with Crippen molar-refractivity contribution in [2.45, 2.75) is 18.9 Å². The molecule has 0 aromatic heterocycles. The van der Waals surface area contributed by atoms with Gasteiger partial charge in [0.15, 0.2) is 0 Å². The molecule has 1 atom stereocenters. The molecule has 3 nitrogen and oxygen atoms in total. The molecule has 1 aromatic carbocycles. The Kier molecular flexibility index (Phi) is 2.50. The maximum atomic E-state index is 11.6. The number of amides is 1. The zero-order valence-electron chi connectivity index (χ0n) is 7.89. The standard InChI is InChI=1S/C11H13NO2/c13-10-7-4-8-12(11(10)14)9-5-2-1-3-6-9/h1-3,5-6,10,13H,4,7-8H2. The number of benzene rings is 1. The Labute approximate surface area is 83.0 Å². The van der Waals surface area contributed by atoms with Crippen molar-refractivity contribution in [2.24, 2.45) is 0 Å². The van der Waals surface area contributed by atoms with Gasteiger partial charge >= 0.3 is 0 Å². The van der Waals surface area contributed by atoms with Gasteiger partial charge < -0.3 is 10.0 Å². The van der Waals surface area contributed by atoms with Crippen LogP contribution in [0.4, 0.5) is 5.69 Å². The number of aliphatic hydroxyl groups is 1. The molecule has 1 amide bonds. The van der Waals surface area contributed by atoms with Crippen molar-refractivity contribution in [3.05, 3.63) is 30.3 Å². The molecule has 0 radical (unpaired) electrons. The van der Waals surface area contributed by atoms with Gasteiger partial charge in [-0.1, -0.05) is 18.2 Å². The number of carbonyl (C=O) groups excluding carboxylic acids is 1. The van der Waals surface area contributed by atoms with Crippen molar-refractivity contribution in [3.63, 3.8) is 0 Å². The molecule has 1 aliphatic rings. The molecule has 1 unspecified atom stereocenters. The SMILES string of the molecule is O=C1C(O)CCCN1c1ccccc1. The number of hydrogen-bond donors (Lipinski definition) is 1. The van der Waals surface area contributed by atoms with Crippen molar-refractivity contribution < 1.29 is 9.90 Å². The summed E-state index contributed by atoms with van der Waals surface area (Å²) in [6, 6.07) is 9.47. The van der Waals surface area contributed by atoms with Gasteiger partial charge in [0.1, 0.15) is 6.10 Å². The summed E-state index contributed by atoms with van der Waals surface area (Å²) in [6.45, 7) is 0.708. The second-order valence-corrected chi connectivity index (χ2v) is 3.48. The lowest BCUT2D eigenvalue weighted by Crippen LogP contribution is -2.44. The molecule has 1 aliphatic heterocycles. The molecule has 1 aromatic rings. The normalized spacial score (nSPS) is 22.5. The highest BCUT2D eigenvalue weighted by atomic mass is 16.3. The van der Waals surface area contributed by atoms with E-state index in [0.29, 0.717) is 13.0 Å². The van der Waals surface area contributed by atoms with E-state index in [1.54, 1.807) is 4.90 Å². The summed E-state index contributed by atoms with van der Waals surface area (Å²) in [5, 5.41) is 9.42. The fourth-order valence-electron chi connectivity index (χ4n) is 1.72. The number of rotatable bonds is 1. The molecule has 0 aliphatic carbocycles. The molecule has 14 heavy (non-hydrogen) atoms. The number of carbonyl (C=O) groups is 1. The zero-order chi connectivity index (χ0) is 9.97. The third-order valence-corrected chi connectivity index (χ3v) is 2.48. The van der Waals surface area contributed by atoms with Crippen molar-refractivity contribution in [2.75, 3.05) is 11.4 Å². The first kappa shape index (κ1) is 9.21. The molecule has 1 heterocycles. The van der Waals surface area contributed by atoms with Crippen LogP contribution in [-0.4, -0.2) is 23.7 Å². The van der Waals surface area contributed by atoms with E-state index in [0.717, 1.165) is 12.1 Å². The summed E-state index contributed by atoms with van der Waals surface area (Å²) in [6.07, 6.45) is 0.633. The minimum absolute atomic E-state index is 0.178. The Hall–Kier alpha value is -1.35. The van der Waals surface area contributed by atoms with Gasteiger partial charge in [-0.2, -0.15) is 0 Å². The minimum Gasteiger partial charge on any atom is -0.383 e. The lowest BCUT2D eigenvalue weighted by atomic mass is 10.1. The molecule has 74 valence electrons. The Balaban J connectivity index is 2.22. The lowest BCUT2D eigenvalue weighted by Gasteiger charge is -2.29. The van der Waals surface area contributed by atoms with Crippen LogP contribution in [-0.2, 0) is 4.79 Å². The van der Waals surface area contributed by atoms with Crippen molar-refractivity contribution in [1.82, 2.24) is 0 Å². The second-order valence-electron chi connectivity index (χ2n) is 3.48. The van der Waals surface area contributed by atoms with Crippen LogP contribution in [0.3, 0.4) is 0 Å². The first-order valence-electron chi connectivity index (χ1n) is 4.83.